The predicted molar refractivity (Wildman–Crippen MR) is 88.8 cm³/mol. The first-order valence-electron chi connectivity index (χ1n) is 5.64. The van der Waals surface area contributed by atoms with Crippen molar-refractivity contribution in [2.45, 2.75) is 6.54 Å². The fourth-order valence-corrected chi connectivity index (χ4v) is 2.29. The average molecular weight is 356 g/mol. The molecular formula is C14H12BrClN2S. The SMILES string of the molecule is NC(=S)c1ccc(Cl)cc1NCc1ccc(Br)cc1. The van der Waals surface area contributed by atoms with Crippen LogP contribution in [0.5, 0.6) is 0 Å². The van der Waals surface area contributed by atoms with E-state index < -0.39 is 0 Å². The molecule has 98 valence electrons. The molecule has 5 heteroatoms. The molecule has 0 bridgehead atoms. The summed E-state index contributed by atoms with van der Waals surface area (Å²) in [6.07, 6.45) is 0. The van der Waals surface area contributed by atoms with Crippen LogP contribution in [0.15, 0.2) is 46.9 Å². The minimum Gasteiger partial charge on any atom is -0.389 e. The van der Waals surface area contributed by atoms with Gasteiger partial charge >= 0.3 is 0 Å². The van der Waals surface area contributed by atoms with Gasteiger partial charge < -0.3 is 11.1 Å². The number of thiocarbonyl (C=S) groups is 1. The summed E-state index contributed by atoms with van der Waals surface area (Å²) in [6, 6.07) is 13.5. The van der Waals surface area contributed by atoms with E-state index in [-0.39, 0.29) is 0 Å². The van der Waals surface area contributed by atoms with E-state index >= 15 is 0 Å². The van der Waals surface area contributed by atoms with Crippen molar-refractivity contribution in [3.05, 3.63) is 63.1 Å². The third-order valence-electron chi connectivity index (χ3n) is 2.64. The van der Waals surface area contributed by atoms with Crippen LogP contribution in [0.3, 0.4) is 0 Å². The highest BCUT2D eigenvalue weighted by Gasteiger charge is 2.05. The van der Waals surface area contributed by atoms with Crippen molar-refractivity contribution in [3.63, 3.8) is 0 Å². The van der Waals surface area contributed by atoms with Gasteiger partial charge in [0.25, 0.3) is 0 Å². The number of hydrogen-bond donors (Lipinski definition) is 2. The van der Waals surface area contributed by atoms with E-state index in [1.54, 1.807) is 6.07 Å². The molecule has 19 heavy (non-hydrogen) atoms. The summed E-state index contributed by atoms with van der Waals surface area (Å²) in [6.45, 7) is 0.684. The van der Waals surface area contributed by atoms with E-state index in [0.717, 1.165) is 21.3 Å². The summed E-state index contributed by atoms with van der Waals surface area (Å²) >= 11 is 14.4. The van der Waals surface area contributed by atoms with Gasteiger partial charge in [-0.25, -0.2) is 0 Å². The lowest BCUT2D eigenvalue weighted by Crippen LogP contribution is -2.13. The second-order valence-electron chi connectivity index (χ2n) is 4.03. The summed E-state index contributed by atoms with van der Waals surface area (Å²) < 4.78 is 1.06. The number of benzene rings is 2. The second kappa shape index (κ2) is 6.37. The summed E-state index contributed by atoms with van der Waals surface area (Å²) in [5.41, 5.74) is 8.51. The largest absolute Gasteiger partial charge is 0.389 e. The molecule has 3 N–H and O–H groups in total. The number of hydrogen-bond acceptors (Lipinski definition) is 2. The molecule has 0 unspecified atom stereocenters. The maximum Gasteiger partial charge on any atom is 0.106 e. The topological polar surface area (TPSA) is 38.0 Å². The summed E-state index contributed by atoms with van der Waals surface area (Å²) in [5.74, 6) is 0. The van der Waals surface area contributed by atoms with Crippen LogP contribution in [0.4, 0.5) is 5.69 Å². The normalized spacial score (nSPS) is 10.2. The fraction of sp³-hybridized carbons (Fsp3) is 0.0714. The lowest BCUT2D eigenvalue weighted by Gasteiger charge is -2.12. The van der Waals surface area contributed by atoms with Crippen molar-refractivity contribution >= 4 is 50.4 Å². The van der Waals surface area contributed by atoms with Gasteiger partial charge in [0.1, 0.15) is 4.99 Å². The molecule has 2 rings (SSSR count). The first-order chi connectivity index (χ1) is 9.06. The van der Waals surface area contributed by atoms with Crippen LogP contribution in [0.25, 0.3) is 0 Å². The zero-order valence-corrected chi connectivity index (χ0v) is 13.1. The van der Waals surface area contributed by atoms with Gasteiger partial charge in [0.2, 0.25) is 0 Å². The van der Waals surface area contributed by atoms with Crippen molar-refractivity contribution in [2.75, 3.05) is 5.32 Å². The molecule has 2 aromatic rings. The third kappa shape index (κ3) is 3.93. The molecular weight excluding hydrogens is 344 g/mol. The van der Waals surface area contributed by atoms with Gasteiger partial charge in [0.05, 0.1) is 0 Å². The van der Waals surface area contributed by atoms with Crippen LogP contribution in [0.1, 0.15) is 11.1 Å². The smallest absolute Gasteiger partial charge is 0.106 e. The van der Waals surface area contributed by atoms with Crippen LogP contribution >= 0.6 is 39.7 Å². The molecule has 2 nitrogen and oxygen atoms in total. The van der Waals surface area contributed by atoms with E-state index in [2.05, 4.69) is 21.2 Å². The van der Waals surface area contributed by atoms with E-state index in [0.29, 0.717) is 16.6 Å². The van der Waals surface area contributed by atoms with Gasteiger partial charge in [-0.15, -0.1) is 0 Å². The first kappa shape index (κ1) is 14.3. The van der Waals surface area contributed by atoms with Crippen LogP contribution in [-0.4, -0.2) is 4.99 Å². The minimum absolute atomic E-state index is 0.356. The number of halogens is 2. The van der Waals surface area contributed by atoms with Crippen LogP contribution < -0.4 is 11.1 Å². The molecule has 0 radical (unpaired) electrons. The van der Waals surface area contributed by atoms with E-state index in [9.17, 15) is 0 Å². The van der Waals surface area contributed by atoms with Crippen LogP contribution in [0, 0.1) is 0 Å². The molecule has 0 aromatic heterocycles. The highest BCUT2D eigenvalue weighted by atomic mass is 79.9. The molecule has 0 aliphatic rings. The highest BCUT2D eigenvalue weighted by molar-refractivity contribution is 9.10. The Kier molecular flexibility index (Phi) is 4.80. The van der Waals surface area contributed by atoms with Crippen molar-refractivity contribution < 1.29 is 0 Å². The molecule has 0 heterocycles. The first-order valence-corrected chi connectivity index (χ1v) is 7.22. The van der Waals surface area contributed by atoms with Crippen LogP contribution in [-0.2, 0) is 6.54 Å². The zero-order valence-electron chi connectivity index (χ0n) is 9.99. The summed E-state index contributed by atoms with van der Waals surface area (Å²) in [4.78, 5) is 0.356. The Labute approximate surface area is 131 Å². The van der Waals surface area contributed by atoms with E-state index in [1.807, 2.05) is 36.4 Å². The molecule has 2 aromatic carbocycles. The van der Waals surface area contributed by atoms with Crippen molar-refractivity contribution in [1.82, 2.24) is 0 Å². The highest BCUT2D eigenvalue weighted by Crippen LogP contribution is 2.22. The number of nitrogens with one attached hydrogen (secondary N) is 1. The van der Waals surface area contributed by atoms with Gasteiger partial charge in [-0.1, -0.05) is 51.9 Å². The van der Waals surface area contributed by atoms with E-state index in [4.69, 9.17) is 29.6 Å². The Balaban J connectivity index is 2.16. The van der Waals surface area contributed by atoms with Gasteiger partial charge in [-0.3, -0.25) is 0 Å². The van der Waals surface area contributed by atoms with Crippen LogP contribution in [0.2, 0.25) is 5.02 Å². The molecule has 0 saturated heterocycles. The molecule has 0 amide bonds. The Hall–Kier alpha value is -1.10. The number of rotatable bonds is 4. The fourth-order valence-electron chi connectivity index (χ4n) is 1.68. The molecule has 0 aliphatic heterocycles. The molecule has 0 aliphatic carbocycles. The minimum atomic E-state index is 0.356. The summed E-state index contributed by atoms with van der Waals surface area (Å²) in [5, 5.41) is 3.96. The average Bonchev–Trinajstić information content (AvgIpc) is 2.38. The zero-order chi connectivity index (χ0) is 13.8. The molecule has 0 saturated carbocycles. The monoisotopic (exact) mass is 354 g/mol. The number of anilines is 1. The van der Waals surface area contributed by atoms with Gasteiger partial charge in [0, 0.05) is 27.3 Å². The predicted octanol–water partition coefficient (Wildman–Crippen LogP) is 4.35. The maximum absolute atomic E-state index is 5.99. The Morgan fingerprint density at radius 1 is 1.21 bits per heavy atom. The Morgan fingerprint density at radius 3 is 2.53 bits per heavy atom. The van der Waals surface area contributed by atoms with Crippen molar-refractivity contribution in [3.8, 4) is 0 Å². The second-order valence-corrected chi connectivity index (χ2v) is 5.83. The molecule has 0 spiro atoms. The Morgan fingerprint density at radius 2 is 1.89 bits per heavy atom. The molecule has 0 atom stereocenters. The lowest BCUT2D eigenvalue weighted by atomic mass is 10.1. The quantitative estimate of drug-likeness (QED) is 0.801. The van der Waals surface area contributed by atoms with Gasteiger partial charge in [-0.05, 0) is 35.9 Å². The van der Waals surface area contributed by atoms with E-state index in [1.165, 1.54) is 0 Å². The Bertz CT molecular complexity index is 599. The number of nitrogens with two attached hydrogens (primary N) is 1. The lowest BCUT2D eigenvalue weighted by molar-refractivity contribution is 1.15. The molecule has 0 fully saturated rings. The van der Waals surface area contributed by atoms with Gasteiger partial charge in [-0.2, -0.15) is 0 Å². The van der Waals surface area contributed by atoms with Crippen molar-refractivity contribution in [1.29, 1.82) is 0 Å². The van der Waals surface area contributed by atoms with Gasteiger partial charge in [0.15, 0.2) is 0 Å². The summed E-state index contributed by atoms with van der Waals surface area (Å²) in [7, 11) is 0. The van der Waals surface area contributed by atoms with Crippen molar-refractivity contribution in [2.24, 2.45) is 5.73 Å². The maximum atomic E-state index is 5.99. The standard InChI is InChI=1S/C14H12BrClN2S/c15-10-3-1-9(2-4-10)8-18-13-7-11(16)5-6-12(13)14(17)19/h1-7,18H,8H2,(H2,17,19). The third-order valence-corrected chi connectivity index (χ3v) is 3.63.